The van der Waals surface area contributed by atoms with E-state index in [1.54, 1.807) is 0 Å². The fraction of sp³-hybridized carbons (Fsp3) is 0.588. The maximum atomic E-state index is 12.5. The lowest BCUT2D eigenvalue weighted by Crippen LogP contribution is -2.50. The fourth-order valence-electron chi connectivity index (χ4n) is 2.57. The van der Waals surface area contributed by atoms with Crippen LogP contribution in [-0.2, 0) is 0 Å². The molecule has 0 N–H and O–H groups in total. The minimum atomic E-state index is 0.172. The van der Waals surface area contributed by atoms with Crippen LogP contribution < -0.4 is 0 Å². The molecule has 0 saturated carbocycles. The number of likely N-dealkylation sites (N-methyl/N-ethyl adjacent to an activating group) is 1. The average molecular weight is 289 g/mol. The van der Waals surface area contributed by atoms with Crippen LogP contribution in [-0.4, -0.2) is 74.0 Å². The minimum Gasteiger partial charge on any atom is -0.336 e. The van der Waals surface area contributed by atoms with Crippen LogP contribution in [0.2, 0.25) is 0 Å². The van der Waals surface area contributed by atoms with Crippen molar-refractivity contribution in [2.24, 2.45) is 0 Å². The molecule has 0 atom stereocenters. The number of hydrogen-bond donors (Lipinski definition) is 0. The van der Waals surface area contributed by atoms with Gasteiger partial charge < -0.3 is 9.80 Å². The SMILES string of the molecule is Cc1ccc(C(=O)N2CCN(CCN(C)C)CC2)cc1C. The summed E-state index contributed by atoms with van der Waals surface area (Å²) in [6.07, 6.45) is 0. The Morgan fingerprint density at radius 3 is 2.33 bits per heavy atom. The Balaban J connectivity index is 1.89. The number of carbonyl (C=O) groups is 1. The Morgan fingerprint density at radius 2 is 1.76 bits per heavy atom. The lowest BCUT2D eigenvalue weighted by Gasteiger charge is -2.35. The highest BCUT2D eigenvalue weighted by Crippen LogP contribution is 2.13. The molecule has 4 nitrogen and oxygen atoms in total. The van der Waals surface area contributed by atoms with E-state index in [2.05, 4.69) is 37.7 Å². The first kappa shape index (κ1) is 16.0. The summed E-state index contributed by atoms with van der Waals surface area (Å²) in [5.41, 5.74) is 3.24. The van der Waals surface area contributed by atoms with E-state index in [4.69, 9.17) is 0 Å². The van der Waals surface area contributed by atoms with Gasteiger partial charge in [0.2, 0.25) is 0 Å². The lowest BCUT2D eigenvalue weighted by molar-refractivity contribution is 0.0629. The number of hydrogen-bond acceptors (Lipinski definition) is 3. The highest BCUT2D eigenvalue weighted by atomic mass is 16.2. The first-order chi connectivity index (χ1) is 9.97. The van der Waals surface area contributed by atoms with Gasteiger partial charge in [0.15, 0.2) is 0 Å². The van der Waals surface area contributed by atoms with E-state index >= 15 is 0 Å². The standard InChI is InChI=1S/C17H27N3O/c1-14-5-6-16(13-15(14)2)17(21)20-11-9-19(10-12-20)8-7-18(3)4/h5-6,13H,7-12H2,1-4H3. The second-order valence-corrected chi connectivity index (χ2v) is 6.24. The zero-order chi connectivity index (χ0) is 15.4. The van der Waals surface area contributed by atoms with Crippen LogP contribution in [0.1, 0.15) is 21.5 Å². The number of benzene rings is 1. The average Bonchev–Trinajstić information content (AvgIpc) is 2.48. The van der Waals surface area contributed by atoms with Gasteiger partial charge in [-0.25, -0.2) is 0 Å². The Labute approximate surface area is 128 Å². The topological polar surface area (TPSA) is 26.8 Å². The Kier molecular flexibility index (Phi) is 5.37. The largest absolute Gasteiger partial charge is 0.336 e. The smallest absolute Gasteiger partial charge is 0.253 e. The zero-order valence-corrected chi connectivity index (χ0v) is 13.7. The molecule has 2 rings (SSSR count). The number of nitrogens with zero attached hydrogens (tertiary/aromatic N) is 3. The fourth-order valence-corrected chi connectivity index (χ4v) is 2.57. The van der Waals surface area contributed by atoms with Gasteiger partial charge in [0, 0.05) is 44.8 Å². The van der Waals surface area contributed by atoms with Gasteiger partial charge in [-0.3, -0.25) is 9.69 Å². The van der Waals surface area contributed by atoms with Gasteiger partial charge in [-0.05, 0) is 51.2 Å². The van der Waals surface area contributed by atoms with Gasteiger partial charge in [0.05, 0.1) is 0 Å². The van der Waals surface area contributed by atoms with Gasteiger partial charge in [-0.15, -0.1) is 0 Å². The molecule has 0 aliphatic carbocycles. The van der Waals surface area contributed by atoms with Crippen LogP contribution in [0.4, 0.5) is 0 Å². The summed E-state index contributed by atoms with van der Waals surface area (Å²) >= 11 is 0. The van der Waals surface area contributed by atoms with Crippen molar-refractivity contribution >= 4 is 5.91 Å². The molecule has 0 unspecified atom stereocenters. The molecule has 0 aromatic heterocycles. The normalized spacial score (nSPS) is 16.5. The Hall–Kier alpha value is -1.39. The molecule has 1 fully saturated rings. The van der Waals surface area contributed by atoms with Crippen LogP contribution >= 0.6 is 0 Å². The molecule has 0 spiro atoms. The first-order valence-electron chi connectivity index (χ1n) is 7.71. The van der Waals surface area contributed by atoms with E-state index in [0.29, 0.717) is 0 Å². The monoisotopic (exact) mass is 289 g/mol. The third kappa shape index (κ3) is 4.29. The van der Waals surface area contributed by atoms with Crippen molar-refractivity contribution in [3.05, 3.63) is 34.9 Å². The van der Waals surface area contributed by atoms with E-state index in [-0.39, 0.29) is 5.91 Å². The number of piperazine rings is 1. The third-order valence-corrected chi connectivity index (χ3v) is 4.28. The summed E-state index contributed by atoms with van der Waals surface area (Å²) in [4.78, 5) is 19.2. The molecule has 4 heteroatoms. The van der Waals surface area contributed by atoms with E-state index in [1.165, 1.54) is 11.1 Å². The molecule has 1 aromatic rings. The second kappa shape index (κ2) is 7.05. The molecule has 1 aliphatic heterocycles. The zero-order valence-electron chi connectivity index (χ0n) is 13.7. The van der Waals surface area contributed by atoms with Gasteiger partial charge in [0.25, 0.3) is 5.91 Å². The number of aryl methyl sites for hydroxylation is 2. The first-order valence-corrected chi connectivity index (χ1v) is 7.71. The van der Waals surface area contributed by atoms with Crippen LogP contribution in [0.25, 0.3) is 0 Å². The third-order valence-electron chi connectivity index (χ3n) is 4.28. The molecule has 1 heterocycles. The molecule has 1 amide bonds. The highest BCUT2D eigenvalue weighted by molar-refractivity contribution is 5.94. The predicted molar refractivity (Wildman–Crippen MR) is 86.8 cm³/mol. The van der Waals surface area contributed by atoms with E-state index in [1.807, 2.05) is 23.1 Å². The molecular weight excluding hydrogens is 262 g/mol. The number of rotatable bonds is 4. The maximum absolute atomic E-state index is 12.5. The van der Waals surface area contributed by atoms with Crippen molar-refractivity contribution in [1.82, 2.24) is 14.7 Å². The second-order valence-electron chi connectivity index (χ2n) is 6.24. The summed E-state index contributed by atoms with van der Waals surface area (Å²) < 4.78 is 0. The highest BCUT2D eigenvalue weighted by Gasteiger charge is 2.22. The van der Waals surface area contributed by atoms with E-state index in [0.717, 1.165) is 44.8 Å². The van der Waals surface area contributed by atoms with Gasteiger partial charge in [-0.2, -0.15) is 0 Å². The molecule has 1 saturated heterocycles. The lowest BCUT2D eigenvalue weighted by atomic mass is 10.1. The number of amides is 1. The van der Waals surface area contributed by atoms with E-state index < -0.39 is 0 Å². The summed E-state index contributed by atoms with van der Waals surface area (Å²) in [5.74, 6) is 0.172. The van der Waals surface area contributed by atoms with Crippen molar-refractivity contribution in [3.8, 4) is 0 Å². The predicted octanol–water partition coefficient (Wildman–Crippen LogP) is 1.62. The van der Waals surface area contributed by atoms with Crippen LogP contribution in [0.15, 0.2) is 18.2 Å². The van der Waals surface area contributed by atoms with Gasteiger partial charge in [-0.1, -0.05) is 6.07 Å². The van der Waals surface area contributed by atoms with Crippen LogP contribution in [0, 0.1) is 13.8 Å². The summed E-state index contributed by atoms with van der Waals surface area (Å²) in [5, 5.41) is 0. The summed E-state index contributed by atoms with van der Waals surface area (Å²) in [6, 6.07) is 6.00. The van der Waals surface area contributed by atoms with Crippen molar-refractivity contribution in [1.29, 1.82) is 0 Å². The van der Waals surface area contributed by atoms with E-state index in [9.17, 15) is 4.79 Å². The molecule has 1 aromatic carbocycles. The van der Waals surface area contributed by atoms with Crippen molar-refractivity contribution in [3.63, 3.8) is 0 Å². The maximum Gasteiger partial charge on any atom is 0.253 e. The molecule has 0 bridgehead atoms. The van der Waals surface area contributed by atoms with Gasteiger partial charge >= 0.3 is 0 Å². The quantitative estimate of drug-likeness (QED) is 0.843. The van der Waals surface area contributed by atoms with Gasteiger partial charge in [0.1, 0.15) is 0 Å². The number of carbonyl (C=O) groups excluding carboxylic acids is 1. The molecule has 21 heavy (non-hydrogen) atoms. The Bertz CT molecular complexity index is 491. The molecule has 116 valence electrons. The molecule has 0 radical (unpaired) electrons. The van der Waals surface area contributed by atoms with Crippen molar-refractivity contribution in [2.75, 3.05) is 53.4 Å². The minimum absolute atomic E-state index is 0.172. The van der Waals surface area contributed by atoms with Crippen molar-refractivity contribution in [2.45, 2.75) is 13.8 Å². The summed E-state index contributed by atoms with van der Waals surface area (Å²) in [7, 11) is 4.19. The van der Waals surface area contributed by atoms with Crippen LogP contribution in [0.3, 0.4) is 0 Å². The molecular formula is C17H27N3O. The van der Waals surface area contributed by atoms with Crippen molar-refractivity contribution < 1.29 is 4.79 Å². The van der Waals surface area contributed by atoms with Crippen LogP contribution in [0.5, 0.6) is 0 Å². The Morgan fingerprint density at radius 1 is 1.10 bits per heavy atom. The molecule has 1 aliphatic rings. The summed E-state index contributed by atoms with van der Waals surface area (Å²) in [6.45, 7) is 9.91.